The number of fused-ring (bicyclic) bond motifs is 1. The van der Waals surface area contributed by atoms with Crippen LogP contribution >= 0.6 is 0 Å². The molecule has 0 bridgehead atoms. The predicted molar refractivity (Wildman–Crippen MR) is 107 cm³/mol. The van der Waals surface area contributed by atoms with E-state index < -0.39 is 21.8 Å². The van der Waals surface area contributed by atoms with Gasteiger partial charge in [0.05, 0.1) is 31.0 Å². The topological polar surface area (TPSA) is 109 Å². The van der Waals surface area contributed by atoms with Gasteiger partial charge in [0, 0.05) is 36.4 Å². The Morgan fingerprint density at radius 2 is 2.07 bits per heavy atom. The van der Waals surface area contributed by atoms with Gasteiger partial charge in [0.1, 0.15) is 5.65 Å². The van der Waals surface area contributed by atoms with E-state index in [4.69, 9.17) is 11.3 Å². The van der Waals surface area contributed by atoms with Gasteiger partial charge >= 0.3 is 10.2 Å². The summed E-state index contributed by atoms with van der Waals surface area (Å²) in [5, 5.41) is 0.382. The lowest BCUT2D eigenvalue weighted by atomic mass is 10.0. The van der Waals surface area contributed by atoms with Crippen molar-refractivity contribution < 1.29 is 22.3 Å². The average molecular weight is 429 g/mol. The van der Waals surface area contributed by atoms with Gasteiger partial charge in [0.25, 0.3) is 0 Å². The molecule has 0 atom stereocenters. The summed E-state index contributed by atoms with van der Waals surface area (Å²) in [5.74, 6) is -1.64. The highest BCUT2D eigenvalue weighted by atomic mass is 32.2. The number of benzene rings is 1. The van der Waals surface area contributed by atoms with E-state index in [-0.39, 0.29) is 48.8 Å². The summed E-state index contributed by atoms with van der Waals surface area (Å²) >= 11 is 0. The zero-order chi connectivity index (χ0) is 21.3. The molecule has 1 aliphatic rings. The maximum atomic E-state index is 15.1. The smallest absolute Gasteiger partial charge is 0.301 e. The van der Waals surface area contributed by atoms with Gasteiger partial charge in [-0.15, -0.1) is 0 Å². The van der Waals surface area contributed by atoms with Crippen LogP contribution < -0.4 is 4.72 Å². The zero-order valence-electron chi connectivity index (χ0n) is 15.6. The summed E-state index contributed by atoms with van der Waals surface area (Å²) in [4.78, 5) is 23.2. The molecule has 3 heterocycles. The van der Waals surface area contributed by atoms with Crippen LogP contribution in [0.15, 0.2) is 36.7 Å². The first-order valence-electron chi connectivity index (χ1n) is 8.94. The van der Waals surface area contributed by atoms with Crippen LogP contribution in [0.3, 0.4) is 0 Å². The van der Waals surface area contributed by atoms with E-state index in [0.717, 1.165) is 4.31 Å². The molecule has 11 heteroatoms. The molecule has 3 aromatic rings. The molecule has 0 spiro atoms. The number of ketones is 1. The van der Waals surface area contributed by atoms with Crippen LogP contribution in [-0.4, -0.2) is 54.8 Å². The fraction of sp³-hybridized carbons (Fsp3) is 0.211. The number of nitrogens with one attached hydrogen (secondary N) is 2. The van der Waals surface area contributed by atoms with Crippen LogP contribution in [0.5, 0.6) is 0 Å². The Balaban J connectivity index is 1.68. The van der Waals surface area contributed by atoms with Crippen LogP contribution in [0.2, 0.25) is 0 Å². The summed E-state index contributed by atoms with van der Waals surface area (Å²) in [5.41, 5.74) is 0.132. The lowest BCUT2D eigenvalue weighted by molar-refractivity contribution is 0.0733. The normalized spacial score (nSPS) is 15.1. The summed E-state index contributed by atoms with van der Waals surface area (Å²) < 4.78 is 48.6. The minimum atomic E-state index is -4.00. The Morgan fingerprint density at radius 3 is 2.80 bits per heavy atom. The molecule has 1 fully saturated rings. The highest BCUT2D eigenvalue weighted by Gasteiger charge is 2.27. The largest absolute Gasteiger partial charge is 0.379 e. The molecule has 0 radical (unpaired) electrons. The number of rotatable bonds is 5. The van der Waals surface area contributed by atoms with Crippen molar-refractivity contribution in [2.45, 2.75) is 0 Å². The van der Waals surface area contributed by atoms with Crippen molar-refractivity contribution >= 4 is 38.4 Å². The van der Waals surface area contributed by atoms with Crippen molar-refractivity contribution in [3.8, 4) is 0 Å². The van der Waals surface area contributed by atoms with Crippen molar-refractivity contribution in [2.24, 2.45) is 0 Å². The average Bonchev–Trinajstić information content (AvgIpc) is 3.18. The number of aromatic amines is 1. The molecule has 1 aromatic carbocycles. The molecular weight excluding hydrogens is 413 g/mol. The molecule has 9 nitrogen and oxygen atoms in total. The third-order valence-electron chi connectivity index (χ3n) is 4.68. The van der Waals surface area contributed by atoms with E-state index in [2.05, 4.69) is 19.5 Å². The summed E-state index contributed by atoms with van der Waals surface area (Å²) in [6.07, 6.45) is 2.75. The second-order valence-electron chi connectivity index (χ2n) is 6.52. The molecule has 1 aliphatic heterocycles. The SMILES string of the molecule is [C-]#[N+]c1cnc2[nH]cc(C(=O)c3cccc(NS(=O)(=O)N4CCOCC4)c3F)c2c1. The van der Waals surface area contributed by atoms with E-state index >= 15 is 4.39 Å². The number of halogens is 1. The van der Waals surface area contributed by atoms with Crippen molar-refractivity contribution in [1.29, 1.82) is 0 Å². The van der Waals surface area contributed by atoms with E-state index in [9.17, 15) is 13.2 Å². The highest BCUT2D eigenvalue weighted by molar-refractivity contribution is 7.90. The van der Waals surface area contributed by atoms with E-state index in [1.54, 1.807) is 0 Å². The number of pyridine rings is 1. The summed E-state index contributed by atoms with van der Waals surface area (Å²) in [7, 11) is -4.00. The zero-order valence-corrected chi connectivity index (χ0v) is 16.4. The first-order valence-corrected chi connectivity index (χ1v) is 10.4. The minimum absolute atomic E-state index is 0.134. The second kappa shape index (κ2) is 7.83. The number of H-pyrrole nitrogens is 1. The first-order chi connectivity index (χ1) is 14.4. The molecule has 4 rings (SSSR count). The Morgan fingerprint density at radius 1 is 1.30 bits per heavy atom. The van der Waals surface area contributed by atoms with Crippen LogP contribution in [0.1, 0.15) is 15.9 Å². The number of carbonyl (C=O) groups excluding carboxylic acids is 1. The molecule has 30 heavy (non-hydrogen) atoms. The second-order valence-corrected chi connectivity index (χ2v) is 8.19. The number of hydrogen-bond acceptors (Lipinski definition) is 5. The number of nitrogens with zero attached hydrogens (tertiary/aromatic N) is 3. The quantitative estimate of drug-likeness (QED) is 0.478. The Bertz CT molecular complexity index is 1280. The Hall–Kier alpha value is -3.33. The Labute approximate surface area is 171 Å². The molecule has 0 unspecified atom stereocenters. The van der Waals surface area contributed by atoms with Gasteiger partial charge in [-0.1, -0.05) is 6.07 Å². The number of anilines is 1. The lowest BCUT2D eigenvalue weighted by Crippen LogP contribution is -2.43. The number of carbonyl (C=O) groups is 1. The Kier molecular flexibility index (Phi) is 5.21. The third-order valence-corrected chi connectivity index (χ3v) is 6.21. The van der Waals surface area contributed by atoms with Gasteiger partial charge in [-0.2, -0.15) is 12.7 Å². The number of ether oxygens (including phenoxy) is 1. The van der Waals surface area contributed by atoms with Gasteiger partial charge in [-0.05, 0) is 18.2 Å². The molecule has 0 aliphatic carbocycles. The molecule has 154 valence electrons. The number of aromatic nitrogens is 2. The highest BCUT2D eigenvalue weighted by Crippen LogP contribution is 2.27. The molecule has 0 amide bonds. The summed E-state index contributed by atoms with van der Waals surface area (Å²) in [6.45, 7) is 7.91. The minimum Gasteiger partial charge on any atom is -0.379 e. The van der Waals surface area contributed by atoms with Crippen LogP contribution in [0.25, 0.3) is 15.9 Å². The standard InChI is InChI=1S/C19H16FN5O4S/c1-21-12-9-14-15(11-23-19(14)22-10-12)18(26)13-3-2-4-16(17(13)20)24-30(27,28)25-5-7-29-8-6-25/h2-4,9-11,24H,5-8H2,(H,22,23). The van der Waals surface area contributed by atoms with E-state index in [1.165, 1.54) is 36.7 Å². The van der Waals surface area contributed by atoms with Gasteiger partial charge < -0.3 is 9.72 Å². The molecule has 2 N–H and O–H groups in total. The van der Waals surface area contributed by atoms with E-state index in [0.29, 0.717) is 11.0 Å². The van der Waals surface area contributed by atoms with Crippen molar-refractivity contribution in [3.05, 3.63) is 65.0 Å². The van der Waals surface area contributed by atoms with Gasteiger partial charge in [-0.25, -0.2) is 9.24 Å². The maximum absolute atomic E-state index is 15.1. The fourth-order valence-electron chi connectivity index (χ4n) is 3.16. The monoisotopic (exact) mass is 429 g/mol. The molecule has 2 aromatic heterocycles. The fourth-order valence-corrected chi connectivity index (χ4v) is 4.36. The van der Waals surface area contributed by atoms with Crippen molar-refractivity contribution in [1.82, 2.24) is 14.3 Å². The molecule has 1 saturated heterocycles. The molecule has 0 saturated carbocycles. The molecular formula is C19H16FN5O4S. The van der Waals surface area contributed by atoms with Crippen LogP contribution in [0, 0.1) is 12.4 Å². The third kappa shape index (κ3) is 3.63. The van der Waals surface area contributed by atoms with Crippen molar-refractivity contribution in [3.63, 3.8) is 0 Å². The van der Waals surface area contributed by atoms with Crippen LogP contribution in [-0.2, 0) is 14.9 Å². The lowest BCUT2D eigenvalue weighted by Gasteiger charge is -2.26. The van der Waals surface area contributed by atoms with Gasteiger partial charge in [-0.3, -0.25) is 14.5 Å². The predicted octanol–water partition coefficient (Wildman–Crippen LogP) is 2.47. The van der Waals surface area contributed by atoms with Gasteiger partial charge in [0.2, 0.25) is 5.69 Å². The van der Waals surface area contributed by atoms with E-state index in [1.807, 2.05) is 0 Å². The first kappa shape index (κ1) is 20.0. The van der Waals surface area contributed by atoms with Crippen LogP contribution in [0.4, 0.5) is 15.8 Å². The maximum Gasteiger partial charge on any atom is 0.301 e. The number of hydrogen-bond donors (Lipinski definition) is 2. The summed E-state index contributed by atoms with van der Waals surface area (Å²) in [6, 6.07) is 5.40. The van der Waals surface area contributed by atoms with Gasteiger partial charge in [0.15, 0.2) is 11.6 Å². The number of morpholine rings is 1. The van der Waals surface area contributed by atoms with Crippen molar-refractivity contribution in [2.75, 3.05) is 31.0 Å².